The highest BCUT2D eigenvalue weighted by molar-refractivity contribution is 5.72. The first kappa shape index (κ1) is 13.5. The normalized spacial score (nSPS) is 11.9. The average molecular weight is 238 g/mol. The molecule has 1 aromatic carbocycles. The fourth-order valence-corrected chi connectivity index (χ4v) is 1.66. The first-order chi connectivity index (χ1) is 8.21. The van der Waals surface area contributed by atoms with Gasteiger partial charge in [-0.05, 0) is 24.1 Å². The van der Waals surface area contributed by atoms with Gasteiger partial charge in [-0.3, -0.25) is 4.79 Å². The largest absolute Gasteiger partial charge is 0.497 e. The SMILES string of the molecule is COCC(Cc1cccc(OC)c1)C(=O)OC. The molecule has 0 saturated heterocycles. The summed E-state index contributed by atoms with van der Waals surface area (Å²) >= 11 is 0. The van der Waals surface area contributed by atoms with Crippen LogP contribution in [0.1, 0.15) is 5.56 Å². The van der Waals surface area contributed by atoms with Gasteiger partial charge in [0, 0.05) is 7.11 Å². The highest BCUT2D eigenvalue weighted by atomic mass is 16.5. The van der Waals surface area contributed by atoms with Crippen molar-refractivity contribution in [3.63, 3.8) is 0 Å². The highest BCUT2D eigenvalue weighted by Gasteiger charge is 2.19. The van der Waals surface area contributed by atoms with E-state index < -0.39 is 0 Å². The van der Waals surface area contributed by atoms with Crippen molar-refractivity contribution < 1.29 is 19.0 Å². The number of hydrogen-bond donors (Lipinski definition) is 0. The number of methoxy groups -OCH3 is 3. The zero-order valence-corrected chi connectivity index (χ0v) is 10.4. The number of ether oxygens (including phenoxy) is 3. The predicted octanol–water partition coefficient (Wildman–Crippen LogP) is 1.67. The minimum Gasteiger partial charge on any atom is -0.497 e. The first-order valence-electron chi connectivity index (χ1n) is 5.41. The Balaban J connectivity index is 2.74. The molecule has 1 aromatic rings. The Morgan fingerprint density at radius 2 is 2.06 bits per heavy atom. The van der Waals surface area contributed by atoms with Crippen molar-refractivity contribution in [2.45, 2.75) is 6.42 Å². The van der Waals surface area contributed by atoms with Crippen LogP contribution >= 0.6 is 0 Å². The van der Waals surface area contributed by atoms with E-state index in [1.54, 1.807) is 14.2 Å². The van der Waals surface area contributed by atoms with Crippen LogP contribution in [0.3, 0.4) is 0 Å². The Labute approximate surface area is 101 Å². The number of hydrogen-bond acceptors (Lipinski definition) is 4. The molecule has 4 heteroatoms. The number of carbonyl (C=O) groups excluding carboxylic acids is 1. The number of rotatable bonds is 6. The Morgan fingerprint density at radius 1 is 1.29 bits per heavy atom. The van der Waals surface area contributed by atoms with Gasteiger partial charge in [-0.2, -0.15) is 0 Å². The lowest BCUT2D eigenvalue weighted by Crippen LogP contribution is -2.23. The van der Waals surface area contributed by atoms with Gasteiger partial charge in [0.15, 0.2) is 0 Å². The summed E-state index contributed by atoms with van der Waals surface area (Å²) in [6.45, 7) is 0.351. The van der Waals surface area contributed by atoms with Gasteiger partial charge >= 0.3 is 5.97 Å². The van der Waals surface area contributed by atoms with E-state index in [0.29, 0.717) is 13.0 Å². The van der Waals surface area contributed by atoms with Gasteiger partial charge in [-0.1, -0.05) is 12.1 Å². The summed E-state index contributed by atoms with van der Waals surface area (Å²) in [5.41, 5.74) is 1.02. The fraction of sp³-hybridized carbons (Fsp3) is 0.462. The van der Waals surface area contributed by atoms with Gasteiger partial charge in [0.05, 0.1) is 26.7 Å². The molecule has 0 saturated carbocycles. The minimum atomic E-state index is -0.280. The van der Waals surface area contributed by atoms with Crippen LogP contribution < -0.4 is 4.74 Å². The summed E-state index contributed by atoms with van der Waals surface area (Å²) in [4.78, 5) is 11.5. The third-order valence-corrected chi connectivity index (χ3v) is 2.52. The monoisotopic (exact) mass is 238 g/mol. The lowest BCUT2D eigenvalue weighted by Gasteiger charge is -2.14. The van der Waals surface area contributed by atoms with Gasteiger partial charge in [-0.15, -0.1) is 0 Å². The molecule has 0 heterocycles. The van der Waals surface area contributed by atoms with Gasteiger partial charge < -0.3 is 14.2 Å². The Morgan fingerprint density at radius 3 is 2.65 bits per heavy atom. The maximum Gasteiger partial charge on any atom is 0.311 e. The molecule has 17 heavy (non-hydrogen) atoms. The summed E-state index contributed by atoms with van der Waals surface area (Å²) in [6.07, 6.45) is 0.581. The van der Waals surface area contributed by atoms with Crippen LogP contribution in [0.5, 0.6) is 5.75 Å². The molecule has 0 fully saturated rings. The molecule has 1 rings (SSSR count). The van der Waals surface area contributed by atoms with Crippen LogP contribution in [-0.4, -0.2) is 33.9 Å². The summed E-state index contributed by atoms with van der Waals surface area (Å²) < 4.78 is 14.9. The van der Waals surface area contributed by atoms with Crippen molar-refractivity contribution in [3.8, 4) is 5.75 Å². The van der Waals surface area contributed by atoms with Gasteiger partial charge in [0.2, 0.25) is 0 Å². The van der Waals surface area contributed by atoms with E-state index in [2.05, 4.69) is 0 Å². The summed E-state index contributed by atoms with van der Waals surface area (Å²) in [5, 5.41) is 0. The zero-order chi connectivity index (χ0) is 12.7. The van der Waals surface area contributed by atoms with Crippen molar-refractivity contribution in [1.29, 1.82) is 0 Å². The molecule has 0 radical (unpaired) electrons. The molecule has 0 N–H and O–H groups in total. The summed E-state index contributed by atoms with van der Waals surface area (Å²) in [5.74, 6) is 0.246. The van der Waals surface area contributed by atoms with E-state index in [0.717, 1.165) is 11.3 Å². The van der Waals surface area contributed by atoms with E-state index in [-0.39, 0.29) is 11.9 Å². The second-order valence-electron chi connectivity index (χ2n) is 3.73. The molecule has 1 atom stereocenters. The lowest BCUT2D eigenvalue weighted by molar-refractivity contribution is -0.147. The van der Waals surface area contributed by atoms with Gasteiger partial charge in [-0.25, -0.2) is 0 Å². The number of esters is 1. The lowest BCUT2D eigenvalue weighted by atomic mass is 10.00. The van der Waals surface area contributed by atoms with Crippen molar-refractivity contribution in [2.24, 2.45) is 5.92 Å². The average Bonchev–Trinajstić information content (AvgIpc) is 2.37. The fourth-order valence-electron chi connectivity index (χ4n) is 1.66. The Bertz CT molecular complexity index is 362. The zero-order valence-electron chi connectivity index (χ0n) is 10.4. The maximum absolute atomic E-state index is 11.5. The standard InChI is InChI=1S/C13H18O4/c1-15-9-11(13(14)17-3)7-10-5-4-6-12(8-10)16-2/h4-6,8,11H,7,9H2,1-3H3. The molecule has 0 bridgehead atoms. The smallest absolute Gasteiger partial charge is 0.311 e. The van der Waals surface area contributed by atoms with E-state index in [1.807, 2.05) is 24.3 Å². The molecule has 1 unspecified atom stereocenters. The molecule has 0 aliphatic carbocycles. The minimum absolute atomic E-state index is 0.255. The van der Waals surface area contributed by atoms with Crippen molar-refractivity contribution in [3.05, 3.63) is 29.8 Å². The quantitative estimate of drug-likeness (QED) is 0.707. The number of benzene rings is 1. The molecule has 0 aromatic heterocycles. The first-order valence-corrected chi connectivity index (χ1v) is 5.41. The van der Waals surface area contributed by atoms with E-state index in [9.17, 15) is 4.79 Å². The second-order valence-corrected chi connectivity index (χ2v) is 3.73. The molecule has 0 aliphatic heterocycles. The third kappa shape index (κ3) is 4.07. The van der Waals surface area contributed by atoms with Crippen LogP contribution in [-0.2, 0) is 20.7 Å². The topological polar surface area (TPSA) is 44.8 Å². The maximum atomic E-state index is 11.5. The molecule has 0 aliphatic rings. The Hall–Kier alpha value is -1.55. The molecule has 94 valence electrons. The molecular formula is C13H18O4. The van der Waals surface area contributed by atoms with Crippen molar-refractivity contribution in [1.82, 2.24) is 0 Å². The van der Waals surface area contributed by atoms with Crippen LogP contribution in [0.25, 0.3) is 0 Å². The van der Waals surface area contributed by atoms with Crippen LogP contribution in [0.15, 0.2) is 24.3 Å². The summed E-state index contributed by atoms with van der Waals surface area (Å²) in [6, 6.07) is 7.63. The van der Waals surface area contributed by atoms with Crippen LogP contribution in [0, 0.1) is 5.92 Å². The predicted molar refractivity (Wildman–Crippen MR) is 64.1 cm³/mol. The number of carbonyl (C=O) groups is 1. The molecule has 0 amide bonds. The van der Waals surface area contributed by atoms with Crippen molar-refractivity contribution >= 4 is 5.97 Å². The third-order valence-electron chi connectivity index (χ3n) is 2.52. The van der Waals surface area contributed by atoms with Gasteiger partial charge in [0.25, 0.3) is 0 Å². The van der Waals surface area contributed by atoms with E-state index >= 15 is 0 Å². The highest BCUT2D eigenvalue weighted by Crippen LogP contribution is 2.17. The van der Waals surface area contributed by atoms with Crippen LogP contribution in [0.2, 0.25) is 0 Å². The van der Waals surface area contributed by atoms with E-state index in [4.69, 9.17) is 14.2 Å². The molecule has 4 nitrogen and oxygen atoms in total. The van der Waals surface area contributed by atoms with Crippen molar-refractivity contribution in [2.75, 3.05) is 27.9 Å². The van der Waals surface area contributed by atoms with Crippen LogP contribution in [0.4, 0.5) is 0 Å². The molecule has 0 spiro atoms. The molecular weight excluding hydrogens is 220 g/mol. The summed E-state index contributed by atoms with van der Waals surface area (Å²) in [7, 11) is 4.57. The van der Waals surface area contributed by atoms with Gasteiger partial charge in [0.1, 0.15) is 5.75 Å². The Kier molecular flexibility index (Phi) is 5.49. The van der Waals surface area contributed by atoms with E-state index in [1.165, 1.54) is 7.11 Å². The second kappa shape index (κ2) is 6.91.